The molecule has 3 nitrogen and oxygen atoms in total. The molecule has 0 radical (unpaired) electrons. The molecule has 0 aliphatic carbocycles. The second-order valence-electron chi connectivity index (χ2n) is 4.57. The van der Waals surface area contributed by atoms with Crippen molar-refractivity contribution in [2.45, 2.75) is 25.4 Å². The van der Waals surface area contributed by atoms with Crippen molar-refractivity contribution in [1.82, 2.24) is 4.90 Å². The van der Waals surface area contributed by atoms with E-state index in [9.17, 15) is 0 Å². The van der Waals surface area contributed by atoms with Crippen LogP contribution in [0, 0.1) is 0 Å². The number of rotatable bonds is 3. The first-order valence-electron chi connectivity index (χ1n) is 5.99. The molecule has 0 spiro atoms. The van der Waals surface area contributed by atoms with E-state index in [2.05, 4.69) is 26.9 Å². The molecular formula is C13H19BrN2O. The Morgan fingerprint density at radius 1 is 1.41 bits per heavy atom. The highest BCUT2D eigenvalue weighted by molar-refractivity contribution is 9.10. The van der Waals surface area contributed by atoms with Gasteiger partial charge >= 0.3 is 0 Å². The zero-order valence-corrected chi connectivity index (χ0v) is 11.7. The third kappa shape index (κ3) is 3.44. The van der Waals surface area contributed by atoms with Gasteiger partial charge in [-0.05, 0) is 44.1 Å². The van der Waals surface area contributed by atoms with Crippen molar-refractivity contribution < 1.29 is 4.74 Å². The van der Waals surface area contributed by atoms with Crippen LogP contribution in [0.5, 0.6) is 5.75 Å². The highest BCUT2D eigenvalue weighted by Gasteiger charge is 2.17. The maximum Gasteiger partial charge on any atom is 0.123 e. The highest BCUT2D eigenvalue weighted by Crippen LogP contribution is 2.25. The number of hydrogen-bond donors (Lipinski definition) is 1. The van der Waals surface area contributed by atoms with Gasteiger partial charge in [-0.2, -0.15) is 0 Å². The number of methoxy groups -OCH3 is 1. The standard InChI is InChI=1S/C13H19BrN2O/c1-17-13-3-2-11(14)8-10(13)9-16-6-4-12(15)5-7-16/h2-3,8,12H,4-7,9,15H2,1H3. The lowest BCUT2D eigenvalue weighted by Gasteiger charge is -2.30. The van der Waals surface area contributed by atoms with Crippen LogP contribution in [0.25, 0.3) is 0 Å². The van der Waals surface area contributed by atoms with E-state index >= 15 is 0 Å². The number of piperidine rings is 1. The minimum Gasteiger partial charge on any atom is -0.496 e. The summed E-state index contributed by atoms with van der Waals surface area (Å²) in [5.74, 6) is 0.961. The van der Waals surface area contributed by atoms with Gasteiger partial charge in [0.1, 0.15) is 5.75 Å². The molecule has 0 saturated carbocycles. The van der Waals surface area contributed by atoms with Gasteiger partial charge in [0.15, 0.2) is 0 Å². The fourth-order valence-electron chi connectivity index (χ4n) is 2.22. The molecule has 0 aromatic heterocycles. The third-order valence-corrected chi connectivity index (χ3v) is 3.76. The number of halogens is 1. The summed E-state index contributed by atoms with van der Waals surface area (Å²) in [6.45, 7) is 3.10. The van der Waals surface area contributed by atoms with E-state index in [1.54, 1.807) is 7.11 Å². The number of benzene rings is 1. The molecule has 0 bridgehead atoms. The Morgan fingerprint density at radius 3 is 2.76 bits per heavy atom. The maximum atomic E-state index is 5.91. The van der Waals surface area contributed by atoms with Crippen LogP contribution >= 0.6 is 15.9 Å². The quantitative estimate of drug-likeness (QED) is 0.931. The van der Waals surface area contributed by atoms with Gasteiger partial charge < -0.3 is 10.5 Å². The summed E-state index contributed by atoms with van der Waals surface area (Å²) in [7, 11) is 1.72. The first kappa shape index (κ1) is 12.9. The second-order valence-corrected chi connectivity index (χ2v) is 5.49. The summed E-state index contributed by atoms with van der Waals surface area (Å²) in [6.07, 6.45) is 2.19. The summed E-state index contributed by atoms with van der Waals surface area (Å²) >= 11 is 3.51. The van der Waals surface area contributed by atoms with Crippen LogP contribution in [0.15, 0.2) is 22.7 Å². The van der Waals surface area contributed by atoms with Crippen LogP contribution in [-0.2, 0) is 6.54 Å². The first-order valence-corrected chi connectivity index (χ1v) is 6.78. The molecule has 1 fully saturated rings. The summed E-state index contributed by atoms with van der Waals surface area (Å²) < 4.78 is 6.49. The van der Waals surface area contributed by atoms with Gasteiger partial charge in [0, 0.05) is 22.6 Å². The maximum absolute atomic E-state index is 5.91. The Balaban J connectivity index is 2.04. The second kappa shape index (κ2) is 5.85. The number of likely N-dealkylation sites (tertiary alicyclic amines) is 1. The van der Waals surface area contributed by atoms with E-state index in [0.717, 1.165) is 42.7 Å². The lowest BCUT2D eigenvalue weighted by molar-refractivity contribution is 0.203. The predicted molar refractivity (Wildman–Crippen MR) is 73.2 cm³/mol. The Kier molecular flexibility index (Phi) is 4.42. The monoisotopic (exact) mass is 298 g/mol. The molecular weight excluding hydrogens is 280 g/mol. The minimum absolute atomic E-state index is 0.385. The molecule has 17 heavy (non-hydrogen) atoms. The molecule has 0 atom stereocenters. The van der Waals surface area contributed by atoms with Crippen LogP contribution in [0.1, 0.15) is 18.4 Å². The molecule has 1 saturated heterocycles. The van der Waals surface area contributed by atoms with Gasteiger partial charge in [-0.3, -0.25) is 4.90 Å². The topological polar surface area (TPSA) is 38.5 Å². The van der Waals surface area contributed by atoms with Crippen molar-refractivity contribution in [3.05, 3.63) is 28.2 Å². The number of hydrogen-bond acceptors (Lipinski definition) is 3. The predicted octanol–water partition coefficient (Wildman–Crippen LogP) is 2.38. The molecule has 1 aromatic carbocycles. The van der Waals surface area contributed by atoms with Crippen molar-refractivity contribution >= 4 is 15.9 Å². The zero-order valence-electron chi connectivity index (χ0n) is 10.2. The molecule has 2 N–H and O–H groups in total. The Morgan fingerprint density at radius 2 is 2.12 bits per heavy atom. The summed E-state index contributed by atoms with van der Waals surface area (Å²) in [4.78, 5) is 2.44. The summed E-state index contributed by atoms with van der Waals surface area (Å²) in [6, 6.07) is 6.53. The van der Waals surface area contributed by atoms with Gasteiger partial charge in [0.25, 0.3) is 0 Å². The van der Waals surface area contributed by atoms with E-state index in [1.807, 2.05) is 12.1 Å². The molecule has 1 aliphatic heterocycles. The summed E-state index contributed by atoms with van der Waals surface area (Å²) in [5, 5.41) is 0. The van der Waals surface area contributed by atoms with Crippen LogP contribution in [0.3, 0.4) is 0 Å². The van der Waals surface area contributed by atoms with Gasteiger partial charge in [-0.1, -0.05) is 15.9 Å². The van der Waals surface area contributed by atoms with Gasteiger partial charge in [0.2, 0.25) is 0 Å². The van der Waals surface area contributed by atoms with Crippen LogP contribution in [0.2, 0.25) is 0 Å². The fourth-order valence-corrected chi connectivity index (χ4v) is 2.63. The average molecular weight is 299 g/mol. The van der Waals surface area contributed by atoms with E-state index < -0.39 is 0 Å². The number of nitrogens with zero attached hydrogens (tertiary/aromatic N) is 1. The van der Waals surface area contributed by atoms with Crippen molar-refractivity contribution in [3.8, 4) is 5.75 Å². The van der Waals surface area contributed by atoms with E-state index in [0.29, 0.717) is 6.04 Å². The largest absolute Gasteiger partial charge is 0.496 e. The van der Waals surface area contributed by atoms with E-state index in [4.69, 9.17) is 10.5 Å². The lowest BCUT2D eigenvalue weighted by Crippen LogP contribution is -2.39. The van der Waals surface area contributed by atoms with Crippen molar-refractivity contribution in [2.75, 3.05) is 20.2 Å². The smallest absolute Gasteiger partial charge is 0.123 e. The minimum atomic E-state index is 0.385. The van der Waals surface area contributed by atoms with Crippen LogP contribution in [0.4, 0.5) is 0 Å². The highest BCUT2D eigenvalue weighted by atomic mass is 79.9. The third-order valence-electron chi connectivity index (χ3n) is 3.27. The molecule has 94 valence electrons. The molecule has 4 heteroatoms. The molecule has 2 rings (SSSR count). The lowest BCUT2D eigenvalue weighted by atomic mass is 10.1. The number of nitrogens with two attached hydrogens (primary N) is 1. The molecule has 1 heterocycles. The van der Waals surface area contributed by atoms with Crippen molar-refractivity contribution in [1.29, 1.82) is 0 Å². The first-order chi connectivity index (χ1) is 8.19. The zero-order chi connectivity index (χ0) is 12.3. The molecule has 0 amide bonds. The van der Waals surface area contributed by atoms with Crippen LogP contribution in [-0.4, -0.2) is 31.1 Å². The fraction of sp³-hybridized carbons (Fsp3) is 0.538. The molecule has 1 aliphatic rings. The molecule has 0 unspecified atom stereocenters. The Hall–Kier alpha value is -0.580. The van der Waals surface area contributed by atoms with E-state index in [1.165, 1.54) is 5.56 Å². The normalized spacial score (nSPS) is 18.3. The Labute approximate surface area is 111 Å². The Bertz CT molecular complexity index is 376. The van der Waals surface area contributed by atoms with Crippen LogP contribution < -0.4 is 10.5 Å². The average Bonchev–Trinajstić information content (AvgIpc) is 2.32. The van der Waals surface area contributed by atoms with Crippen molar-refractivity contribution in [2.24, 2.45) is 5.73 Å². The summed E-state index contributed by atoms with van der Waals surface area (Å²) in [5.41, 5.74) is 7.15. The van der Waals surface area contributed by atoms with Gasteiger partial charge in [0.05, 0.1) is 7.11 Å². The molecule has 1 aromatic rings. The van der Waals surface area contributed by atoms with Crippen molar-refractivity contribution in [3.63, 3.8) is 0 Å². The SMILES string of the molecule is COc1ccc(Br)cc1CN1CCC(N)CC1. The van der Waals surface area contributed by atoms with Gasteiger partial charge in [-0.15, -0.1) is 0 Å². The number of ether oxygens (including phenoxy) is 1. The van der Waals surface area contributed by atoms with Gasteiger partial charge in [-0.25, -0.2) is 0 Å². The van der Waals surface area contributed by atoms with E-state index in [-0.39, 0.29) is 0 Å².